The average molecular weight is 267 g/mol. The molecule has 5 nitrogen and oxygen atoms in total. The van der Waals surface area contributed by atoms with E-state index in [2.05, 4.69) is 4.72 Å². The molecule has 16 heavy (non-hydrogen) atoms. The van der Waals surface area contributed by atoms with Crippen molar-refractivity contribution in [1.82, 2.24) is 9.03 Å². The summed E-state index contributed by atoms with van der Waals surface area (Å²) in [5.41, 5.74) is 5.47. The lowest BCUT2D eigenvalue weighted by atomic mass is 10.2. The highest BCUT2D eigenvalue weighted by atomic mass is 32.2. The van der Waals surface area contributed by atoms with Crippen LogP contribution in [0.25, 0.3) is 0 Å². The summed E-state index contributed by atoms with van der Waals surface area (Å²) in [7, 11) is -3.43. The molecule has 0 radical (unpaired) electrons. The SMILES string of the molecule is CCN(CC(C)C(N)=S)S(=O)(=O)NC(C)C. The van der Waals surface area contributed by atoms with Gasteiger partial charge in [-0.05, 0) is 13.8 Å². The maximum absolute atomic E-state index is 11.9. The largest absolute Gasteiger partial charge is 0.393 e. The molecule has 7 heteroatoms. The fourth-order valence-corrected chi connectivity index (χ4v) is 2.74. The van der Waals surface area contributed by atoms with Crippen molar-refractivity contribution < 1.29 is 8.42 Å². The fourth-order valence-electron chi connectivity index (χ4n) is 1.17. The minimum atomic E-state index is -3.43. The molecule has 0 rings (SSSR count). The lowest BCUT2D eigenvalue weighted by Crippen LogP contribution is -2.46. The molecule has 0 fully saturated rings. The number of rotatable bonds is 7. The molecule has 0 aromatic carbocycles. The third-order valence-corrected chi connectivity index (χ3v) is 4.30. The van der Waals surface area contributed by atoms with E-state index < -0.39 is 10.2 Å². The molecule has 0 aromatic heterocycles. The van der Waals surface area contributed by atoms with E-state index in [4.69, 9.17) is 18.0 Å². The first-order valence-electron chi connectivity index (χ1n) is 5.27. The molecule has 0 aromatic rings. The van der Waals surface area contributed by atoms with Gasteiger partial charge in [-0.1, -0.05) is 26.1 Å². The molecule has 0 bridgehead atoms. The van der Waals surface area contributed by atoms with Crippen LogP contribution in [0, 0.1) is 5.92 Å². The van der Waals surface area contributed by atoms with E-state index in [1.54, 1.807) is 20.8 Å². The molecule has 0 spiro atoms. The molecule has 0 aliphatic rings. The van der Waals surface area contributed by atoms with Gasteiger partial charge in [-0.25, -0.2) is 0 Å². The molecule has 0 saturated heterocycles. The zero-order chi connectivity index (χ0) is 12.9. The van der Waals surface area contributed by atoms with Gasteiger partial charge in [0.05, 0.1) is 4.99 Å². The maximum atomic E-state index is 11.9. The van der Waals surface area contributed by atoms with Crippen LogP contribution in [-0.4, -0.2) is 36.8 Å². The third-order valence-electron chi connectivity index (χ3n) is 2.04. The Morgan fingerprint density at radius 2 is 1.94 bits per heavy atom. The van der Waals surface area contributed by atoms with Crippen LogP contribution < -0.4 is 10.5 Å². The molecule has 3 N–H and O–H groups in total. The maximum Gasteiger partial charge on any atom is 0.279 e. The van der Waals surface area contributed by atoms with Gasteiger partial charge in [0, 0.05) is 25.0 Å². The summed E-state index contributed by atoms with van der Waals surface area (Å²) in [6, 6.07) is -0.126. The highest BCUT2D eigenvalue weighted by molar-refractivity contribution is 7.87. The van der Waals surface area contributed by atoms with Crippen LogP contribution in [0.3, 0.4) is 0 Å². The molecule has 0 amide bonds. The van der Waals surface area contributed by atoms with Crippen molar-refractivity contribution in [1.29, 1.82) is 0 Å². The molecule has 1 unspecified atom stereocenters. The van der Waals surface area contributed by atoms with Crippen molar-refractivity contribution in [2.24, 2.45) is 11.7 Å². The Bertz CT molecular complexity index is 328. The topological polar surface area (TPSA) is 75.4 Å². The second-order valence-electron chi connectivity index (χ2n) is 4.03. The fraction of sp³-hybridized carbons (Fsp3) is 0.889. The zero-order valence-electron chi connectivity index (χ0n) is 10.2. The van der Waals surface area contributed by atoms with E-state index >= 15 is 0 Å². The molecule has 0 saturated carbocycles. The van der Waals surface area contributed by atoms with E-state index in [-0.39, 0.29) is 12.0 Å². The average Bonchev–Trinajstić information content (AvgIpc) is 2.10. The Morgan fingerprint density at radius 3 is 2.25 bits per heavy atom. The monoisotopic (exact) mass is 267 g/mol. The number of nitrogens with one attached hydrogen (secondary N) is 1. The van der Waals surface area contributed by atoms with Crippen LogP contribution in [-0.2, 0) is 10.2 Å². The van der Waals surface area contributed by atoms with Gasteiger partial charge in [-0.15, -0.1) is 0 Å². The van der Waals surface area contributed by atoms with Crippen molar-refractivity contribution in [2.75, 3.05) is 13.1 Å². The van der Waals surface area contributed by atoms with E-state index in [0.717, 1.165) is 0 Å². The molecule has 0 aliphatic carbocycles. The summed E-state index contributed by atoms with van der Waals surface area (Å²) < 4.78 is 27.6. The normalized spacial score (nSPS) is 14.4. The number of nitrogens with two attached hydrogens (primary N) is 1. The summed E-state index contributed by atoms with van der Waals surface area (Å²) >= 11 is 4.83. The number of hydrogen-bond donors (Lipinski definition) is 2. The second kappa shape index (κ2) is 6.48. The van der Waals surface area contributed by atoms with Crippen LogP contribution in [0.4, 0.5) is 0 Å². The molecule has 0 heterocycles. The lowest BCUT2D eigenvalue weighted by Gasteiger charge is -2.24. The zero-order valence-corrected chi connectivity index (χ0v) is 11.9. The Hall–Kier alpha value is -0.240. The summed E-state index contributed by atoms with van der Waals surface area (Å²) in [4.78, 5) is 0.332. The third kappa shape index (κ3) is 5.20. The molecular weight excluding hydrogens is 246 g/mol. The predicted molar refractivity (Wildman–Crippen MR) is 70.4 cm³/mol. The van der Waals surface area contributed by atoms with Crippen molar-refractivity contribution in [3.63, 3.8) is 0 Å². The Labute approximate surface area is 104 Å². The standard InChI is InChI=1S/C9H21N3O2S2/c1-5-12(6-8(4)9(10)15)16(13,14)11-7(2)3/h7-8,11H,5-6H2,1-4H3,(H2,10,15). The van der Waals surface area contributed by atoms with Crippen molar-refractivity contribution in [3.8, 4) is 0 Å². The molecule has 0 aliphatic heterocycles. The van der Waals surface area contributed by atoms with Gasteiger partial charge in [0.1, 0.15) is 0 Å². The van der Waals surface area contributed by atoms with Gasteiger partial charge in [0.15, 0.2) is 0 Å². The van der Waals surface area contributed by atoms with Crippen molar-refractivity contribution in [3.05, 3.63) is 0 Å². The van der Waals surface area contributed by atoms with Crippen LogP contribution in [0.5, 0.6) is 0 Å². The molecular formula is C9H21N3O2S2. The molecule has 96 valence electrons. The van der Waals surface area contributed by atoms with Gasteiger partial charge in [0.25, 0.3) is 10.2 Å². The van der Waals surface area contributed by atoms with E-state index in [9.17, 15) is 8.42 Å². The first kappa shape index (κ1) is 15.8. The van der Waals surface area contributed by atoms with Crippen LogP contribution in [0.15, 0.2) is 0 Å². The lowest BCUT2D eigenvalue weighted by molar-refractivity contribution is 0.394. The van der Waals surface area contributed by atoms with Crippen LogP contribution in [0.2, 0.25) is 0 Å². The van der Waals surface area contributed by atoms with Gasteiger partial charge in [-0.2, -0.15) is 17.4 Å². The first-order chi connectivity index (χ1) is 7.20. The Kier molecular flexibility index (Phi) is 6.39. The first-order valence-corrected chi connectivity index (χ1v) is 7.12. The number of thiocarbonyl (C=S) groups is 1. The summed E-state index contributed by atoms with van der Waals surface area (Å²) in [5, 5.41) is 0. The van der Waals surface area contributed by atoms with E-state index in [0.29, 0.717) is 18.1 Å². The van der Waals surface area contributed by atoms with Crippen molar-refractivity contribution >= 4 is 27.4 Å². The van der Waals surface area contributed by atoms with Crippen LogP contribution >= 0.6 is 12.2 Å². The smallest absolute Gasteiger partial charge is 0.279 e. The quantitative estimate of drug-likeness (QED) is 0.658. The summed E-state index contributed by atoms with van der Waals surface area (Å²) in [6.07, 6.45) is 0. The van der Waals surface area contributed by atoms with Crippen molar-refractivity contribution in [2.45, 2.75) is 33.7 Å². The second-order valence-corrected chi connectivity index (χ2v) is 6.21. The number of nitrogens with zero attached hydrogens (tertiary/aromatic N) is 1. The van der Waals surface area contributed by atoms with Gasteiger partial charge < -0.3 is 5.73 Å². The van der Waals surface area contributed by atoms with E-state index in [1.165, 1.54) is 4.31 Å². The van der Waals surface area contributed by atoms with Gasteiger partial charge in [0.2, 0.25) is 0 Å². The minimum absolute atomic E-state index is 0.126. The highest BCUT2D eigenvalue weighted by Crippen LogP contribution is 2.05. The molecule has 1 atom stereocenters. The Balaban J connectivity index is 4.67. The van der Waals surface area contributed by atoms with E-state index in [1.807, 2.05) is 6.92 Å². The predicted octanol–water partition coefficient (Wildman–Crippen LogP) is 0.473. The van der Waals surface area contributed by atoms with Gasteiger partial charge in [-0.3, -0.25) is 0 Å². The highest BCUT2D eigenvalue weighted by Gasteiger charge is 2.23. The van der Waals surface area contributed by atoms with Crippen LogP contribution in [0.1, 0.15) is 27.7 Å². The summed E-state index contributed by atoms with van der Waals surface area (Å²) in [5.74, 6) is -0.126. The Morgan fingerprint density at radius 1 is 1.44 bits per heavy atom. The summed E-state index contributed by atoms with van der Waals surface area (Å²) in [6.45, 7) is 7.87. The minimum Gasteiger partial charge on any atom is -0.393 e. The van der Waals surface area contributed by atoms with Gasteiger partial charge >= 0.3 is 0 Å². The number of hydrogen-bond acceptors (Lipinski definition) is 3.